The molecular formula is C7H10FNO3. The van der Waals surface area contributed by atoms with Crippen LogP contribution in [-0.2, 0) is 9.59 Å². The predicted octanol–water partition coefficient (Wildman–Crippen LogP) is 0.0299. The maximum atomic E-state index is 12.7. The highest BCUT2D eigenvalue weighted by atomic mass is 19.1. The van der Waals surface area contributed by atoms with Gasteiger partial charge in [0, 0.05) is 13.3 Å². The second-order valence-corrected chi connectivity index (χ2v) is 2.86. The lowest BCUT2D eigenvalue weighted by atomic mass is 10.2. The van der Waals surface area contributed by atoms with Gasteiger partial charge in [-0.1, -0.05) is 0 Å². The number of carbonyl (C=O) groups excluding carboxylic acids is 1. The van der Waals surface area contributed by atoms with Gasteiger partial charge >= 0.3 is 5.97 Å². The van der Waals surface area contributed by atoms with Crippen LogP contribution in [0.15, 0.2) is 0 Å². The average Bonchev–Trinajstić information content (AvgIpc) is 2.31. The first-order valence-electron chi connectivity index (χ1n) is 3.66. The summed E-state index contributed by atoms with van der Waals surface area (Å²) in [6, 6.07) is -0.975. The van der Waals surface area contributed by atoms with Crippen LogP contribution in [0.1, 0.15) is 13.3 Å². The highest BCUT2D eigenvalue weighted by Crippen LogP contribution is 2.20. The molecule has 1 aliphatic rings. The van der Waals surface area contributed by atoms with E-state index in [1.165, 1.54) is 6.92 Å². The topological polar surface area (TPSA) is 57.6 Å². The number of alkyl halides is 1. The molecule has 2 atom stereocenters. The van der Waals surface area contributed by atoms with Crippen molar-refractivity contribution in [3.63, 3.8) is 0 Å². The van der Waals surface area contributed by atoms with Gasteiger partial charge in [-0.05, 0) is 0 Å². The van der Waals surface area contributed by atoms with E-state index in [1.807, 2.05) is 0 Å². The molecule has 0 bridgehead atoms. The van der Waals surface area contributed by atoms with Crippen molar-refractivity contribution in [1.82, 2.24) is 4.90 Å². The number of likely N-dealkylation sites (tertiary alicyclic amines) is 1. The number of carboxylic acids is 1. The molecule has 1 saturated heterocycles. The fourth-order valence-corrected chi connectivity index (χ4v) is 1.37. The van der Waals surface area contributed by atoms with Crippen LogP contribution in [-0.4, -0.2) is 40.6 Å². The highest BCUT2D eigenvalue weighted by molar-refractivity contribution is 5.83. The summed E-state index contributed by atoms with van der Waals surface area (Å²) in [5.41, 5.74) is 0. The first-order chi connectivity index (χ1) is 5.52. The lowest BCUT2D eigenvalue weighted by Gasteiger charge is -2.18. The van der Waals surface area contributed by atoms with Gasteiger partial charge in [0.2, 0.25) is 5.91 Å². The molecule has 0 aromatic rings. The number of carboxylic acid groups (broad SMARTS) is 1. The van der Waals surface area contributed by atoms with E-state index in [4.69, 9.17) is 5.11 Å². The second-order valence-electron chi connectivity index (χ2n) is 2.86. The molecule has 0 saturated carbocycles. The molecule has 12 heavy (non-hydrogen) atoms. The smallest absolute Gasteiger partial charge is 0.326 e. The Morgan fingerprint density at radius 3 is 2.50 bits per heavy atom. The minimum absolute atomic E-state index is 0.0884. The Morgan fingerprint density at radius 2 is 2.17 bits per heavy atom. The van der Waals surface area contributed by atoms with E-state index in [0.29, 0.717) is 0 Å². The second kappa shape index (κ2) is 3.08. The van der Waals surface area contributed by atoms with E-state index in [1.54, 1.807) is 0 Å². The van der Waals surface area contributed by atoms with Crippen molar-refractivity contribution in [2.75, 3.05) is 6.54 Å². The summed E-state index contributed by atoms with van der Waals surface area (Å²) in [6.45, 7) is 1.15. The number of amides is 1. The van der Waals surface area contributed by atoms with Gasteiger partial charge in [-0.3, -0.25) is 4.79 Å². The van der Waals surface area contributed by atoms with E-state index in [2.05, 4.69) is 0 Å². The molecule has 1 unspecified atom stereocenters. The molecule has 0 aromatic carbocycles. The van der Waals surface area contributed by atoms with Crippen LogP contribution in [0.5, 0.6) is 0 Å². The predicted molar refractivity (Wildman–Crippen MR) is 38.3 cm³/mol. The van der Waals surface area contributed by atoms with Crippen LogP contribution >= 0.6 is 0 Å². The maximum Gasteiger partial charge on any atom is 0.326 e. The molecule has 0 spiro atoms. The number of hydrogen-bond acceptors (Lipinski definition) is 2. The van der Waals surface area contributed by atoms with Gasteiger partial charge in [-0.15, -0.1) is 0 Å². The first-order valence-corrected chi connectivity index (χ1v) is 3.66. The Morgan fingerprint density at radius 1 is 1.58 bits per heavy atom. The zero-order valence-corrected chi connectivity index (χ0v) is 6.66. The number of rotatable bonds is 1. The van der Waals surface area contributed by atoms with Crippen molar-refractivity contribution in [2.45, 2.75) is 25.6 Å². The molecule has 0 radical (unpaired) electrons. The van der Waals surface area contributed by atoms with Gasteiger partial charge in [-0.25, -0.2) is 9.18 Å². The van der Waals surface area contributed by atoms with E-state index in [0.717, 1.165) is 4.90 Å². The summed E-state index contributed by atoms with van der Waals surface area (Å²) in [7, 11) is 0. The van der Waals surface area contributed by atoms with Crippen LogP contribution in [0.2, 0.25) is 0 Å². The fraction of sp³-hybridized carbons (Fsp3) is 0.714. The number of hydrogen-bond donors (Lipinski definition) is 1. The quantitative estimate of drug-likeness (QED) is 0.611. The monoisotopic (exact) mass is 175 g/mol. The lowest BCUT2D eigenvalue weighted by Crippen LogP contribution is -2.39. The summed E-state index contributed by atoms with van der Waals surface area (Å²) in [5.74, 6) is -1.52. The summed E-state index contributed by atoms with van der Waals surface area (Å²) >= 11 is 0. The van der Waals surface area contributed by atoms with E-state index in [9.17, 15) is 14.0 Å². The Balaban J connectivity index is 2.72. The van der Waals surface area contributed by atoms with Crippen LogP contribution in [0.25, 0.3) is 0 Å². The van der Waals surface area contributed by atoms with Gasteiger partial charge < -0.3 is 10.0 Å². The largest absolute Gasteiger partial charge is 0.480 e. The Kier molecular flexibility index (Phi) is 2.30. The number of aliphatic carboxylic acids is 1. The minimum Gasteiger partial charge on any atom is -0.480 e. The van der Waals surface area contributed by atoms with E-state index >= 15 is 0 Å². The van der Waals surface area contributed by atoms with Crippen molar-refractivity contribution < 1.29 is 19.1 Å². The molecule has 0 aliphatic carbocycles. The van der Waals surface area contributed by atoms with Crippen molar-refractivity contribution in [1.29, 1.82) is 0 Å². The zero-order valence-electron chi connectivity index (χ0n) is 6.66. The van der Waals surface area contributed by atoms with Crippen molar-refractivity contribution in [3.05, 3.63) is 0 Å². The van der Waals surface area contributed by atoms with Gasteiger partial charge in [0.05, 0.1) is 6.54 Å². The molecule has 4 nitrogen and oxygen atoms in total. The van der Waals surface area contributed by atoms with E-state index < -0.39 is 18.2 Å². The molecule has 1 amide bonds. The van der Waals surface area contributed by atoms with E-state index in [-0.39, 0.29) is 18.9 Å². The summed E-state index contributed by atoms with van der Waals surface area (Å²) in [4.78, 5) is 22.4. The molecule has 68 valence electrons. The summed E-state index contributed by atoms with van der Waals surface area (Å²) in [5, 5.41) is 8.59. The van der Waals surface area contributed by atoms with Crippen LogP contribution < -0.4 is 0 Å². The molecule has 1 heterocycles. The van der Waals surface area contributed by atoms with Gasteiger partial charge in [0.1, 0.15) is 12.2 Å². The van der Waals surface area contributed by atoms with Crippen LogP contribution in [0.3, 0.4) is 0 Å². The number of halogens is 1. The third-order valence-electron chi connectivity index (χ3n) is 1.94. The SMILES string of the molecule is CC(=O)N1CC(F)C[C@H]1C(=O)O. The Hall–Kier alpha value is -1.13. The molecule has 5 heteroatoms. The standard InChI is InChI=1S/C7H10FNO3/c1-4(10)9-3-5(8)2-6(9)7(11)12/h5-6H,2-3H2,1H3,(H,11,12)/t5?,6-/m0/s1. The molecule has 1 rings (SSSR count). The molecule has 0 aromatic heterocycles. The summed E-state index contributed by atoms with van der Waals surface area (Å²) < 4.78 is 12.7. The third kappa shape index (κ3) is 1.54. The lowest BCUT2D eigenvalue weighted by molar-refractivity contribution is -0.147. The highest BCUT2D eigenvalue weighted by Gasteiger charge is 2.38. The first kappa shape index (κ1) is 8.96. The van der Waals surface area contributed by atoms with Gasteiger partial charge in [-0.2, -0.15) is 0 Å². The van der Waals surface area contributed by atoms with Crippen molar-refractivity contribution in [3.8, 4) is 0 Å². The maximum absolute atomic E-state index is 12.7. The Labute approximate surface area is 69.0 Å². The average molecular weight is 175 g/mol. The number of carbonyl (C=O) groups is 2. The fourth-order valence-electron chi connectivity index (χ4n) is 1.37. The minimum atomic E-state index is -1.20. The van der Waals surface area contributed by atoms with Crippen molar-refractivity contribution in [2.24, 2.45) is 0 Å². The van der Waals surface area contributed by atoms with Gasteiger partial charge in [0.15, 0.2) is 0 Å². The molecule has 1 N–H and O–H groups in total. The van der Waals surface area contributed by atoms with Gasteiger partial charge in [0.25, 0.3) is 0 Å². The molecule has 1 fully saturated rings. The summed E-state index contributed by atoms with van der Waals surface area (Å²) in [6.07, 6.45) is -1.29. The normalized spacial score (nSPS) is 29.0. The van der Waals surface area contributed by atoms with Crippen LogP contribution in [0, 0.1) is 0 Å². The molecule has 1 aliphatic heterocycles. The number of nitrogens with zero attached hydrogens (tertiary/aromatic N) is 1. The van der Waals surface area contributed by atoms with Crippen molar-refractivity contribution >= 4 is 11.9 Å². The third-order valence-corrected chi connectivity index (χ3v) is 1.94. The van der Waals surface area contributed by atoms with Crippen LogP contribution in [0.4, 0.5) is 4.39 Å². The Bertz CT molecular complexity index is 197. The zero-order chi connectivity index (χ0) is 9.30. The molecular weight excluding hydrogens is 165 g/mol.